The van der Waals surface area contributed by atoms with Gasteiger partial charge in [0, 0.05) is 18.7 Å². The number of unbranched alkanes of at least 4 members (excludes halogenated alkanes) is 2. The molecule has 1 aromatic rings. The van der Waals surface area contributed by atoms with E-state index < -0.39 is 0 Å². The Morgan fingerprint density at radius 1 is 1.15 bits per heavy atom. The zero-order valence-electron chi connectivity index (χ0n) is 13.2. The number of hydrogen-bond acceptors (Lipinski definition) is 2. The summed E-state index contributed by atoms with van der Waals surface area (Å²) >= 11 is 0. The molecule has 20 heavy (non-hydrogen) atoms. The Morgan fingerprint density at radius 3 is 2.35 bits per heavy atom. The molecule has 0 fully saturated rings. The summed E-state index contributed by atoms with van der Waals surface area (Å²) in [5.74, 6) is -0.206. The predicted octanol–water partition coefficient (Wildman–Crippen LogP) is 4.46. The van der Waals surface area contributed by atoms with Crippen LogP contribution in [0.4, 0.5) is 4.39 Å². The van der Waals surface area contributed by atoms with Gasteiger partial charge in [-0.05, 0) is 44.9 Å². The Hall–Kier alpha value is -0.930. The van der Waals surface area contributed by atoms with E-state index in [1.165, 1.54) is 25.0 Å². The third-order valence-corrected chi connectivity index (χ3v) is 3.13. The monoisotopic (exact) mass is 281 g/mol. The van der Waals surface area contributed by atoms with Crippen LogP contribution in [0.5, 0.6) is 0 Å². The van der Waals surface area contributed by atoms with Crippen molar-refractivity contribution in [1.29, 1.82) is 0 Å². The zero-order valence-corrected chi connectivity index (χ0v) is 13.2. The van der Waals surface area contributed by atoms with Crippen LogP contribution in [0.3, 0.4) is 0 Å². The molecule has 0 aliphatic heterocycles. The fraction of sp³-hybridized carbons (Fsp3) is 0.647. The van der Waals surface area contributed by atoms with Crippen LogP contribution in [0.2, 0.25) is 0 Å². The maximum Gasteiger partial charge on any atom is 0.123 e. The summed E-state index contributed by atoms with van der Waals surface area (Å²) in [5.41, 5.74) is 1.07. The van der Waals surface area contributed by atoms with Gasteiger partial charge in [-0.25, -0.2) is 4.39 Å². The molecule has 1 N–H and O–H groups in total. The number of halogens is 1. The highest BCUT2D eigenvalue weighted by Crippen LogP contribution is 2.19. The lowest BCUT2D eigenvalue weighted by Crippen LogP contribution is -2.39. The normalized spacial score (nSPS) is 13.4. The second kappa shape index (κ2) is 8.38. The number of rotatable bonds is 8. The van der Waals surface area contributed by atoms with Gasteiger partial charge >= 0.3 is 0 Å². The van der Waals surface area contributed by atoms with Crippen molar-refractivity contribution in [3.63, 3.8) is 0 Å². The van der Waals surface area contributed by atoms with Gasteiger partial charge in [-0.3, -0.25) is 0 Å². The van der Waals surface area contributed by atoms with E-state index in [4.69, 9.17) is 4.74 Å². The van der Waals surface area contributed by atoms with Gasteiger partial charge in [0.1, 0.15) is 5.82 Å². The summed E-state index contributed by atoms with van der Waals surface area (Å²) < 4.78 is 19.0. The molecule has 114 valence electrons. The standard InChI is InChI=1S/C17H28FNO/c1-5-6-7-12-20-16(13-19-17(2,3)4)14-8-10-15(18)11-9-14/h8-11,16,19H,5-7,12-13H2,1-4H3. The molecule has 0 saturated heterocycles. The summed E-state index contributed by atoms with van der Waals surface area (Å²) in [5, 5.41) is 3.46. The minimum Gasteiger partial charge on any atom is -0.372 e. The first-order valence-corrected chi connectivity index (χ1v) is 7.54. The van der Waals surface area contributed by atoms with Crippen molar-refractivity contribution in [2.45, 2.75) is 58.6 Å². The second-order valence-electron chi connectivity index (χ2n) is 6.25. The van der Waals surface area contributed by atoms with Crippen LogP contribution >= 0.6 is 0 Å². The van der Waals surface area contributed by atoms with Crippen LogP contribution in [0.15, 0.2) is 24.3 Å². The van der Waals surface area contributed by atoms with Crippen LogP contribution in [-0.4, -0.2) is 18.7 Å². The average molecular weight is 281 g/mol. The first-order valence-electron chi connectivity index (χ1n) is 7.54. The number of hydrogen-bond donors (Lipinski definition) is 1. The number of ether oxygens (including phenoxy) is 1. The molecule has 2 nitrogen and oxygen atoms in total. The molecule has 0 amide bonds. The van der Waals surface area contributed by atoms with Crippen molar-refractivity contribution < 1.29 is 9.13 Å². The molecule has 0 aromatic heterocycles. The fourth-order valence-corrected chi connectivity index (χ4v) is 1.93. The Bertz CT molecular complexity index is 370. The minimum atomic E-state index is -0.206. The molecule has 0 aliphatic carbocycles. The SMILES string of the molecule is CCCCCOC(CNC(C)(C)C)c1ccc(F)cc1. The van der Waals surface area contributed by atoms with Gasteiger partial charge in [-0.1, -0.05) is 31.9 Å². The van der Waals surface area contributed by atoms with Gasteiger partial charge in [-0.2, -0.15) is 0 Å². The van der Waals surface area contributed by atoms with E-state index in [2.05, 4.69) is 33.0 Å². The highest BCUT2D eigenvalue weighted by molar-refractivity contribution is 5.19. The largest absolute Gasteiger partial charge is 0.372 e. The molecule has 0 bridgehead atoms. The molecule has 0 saturated carbocycles. The summed E-state index contributed by atoms with van der Waals surface area (Å²) in [6.07, 6.45) is 3.42. The Balaban J connectivity index is 2.60. The van der Waals surface area contributed by atoms with Gasteiger partial charge in [0.15, 0.2) is 0 Å². The van der Waals surface area contributed by atoms with Gasteiger partial charge in [0.25, 0.3) is 0 Å². The maximum absolute atomic E-state index is 13.0. The molecular formula is C17H28FNO. The van der Waals surface area contributed by atoms with Crippen molar-refractivity contribution in [2.75, 3.05) is 13.2 Å². The minimum absolute atomic E-state index is 0.0216. The van der Waals surface area contributed by atoms with Crippen LogP contribution in [0.25, 0.3) is 0 Å². The lowest BCUT2D eigenvalue weighted by molar-refractivity contribution is 0.0458. The second-order valence-corrected chi connectivity index (χ2v) is 6.25. The van der Waals surface area contributed by atoms with Crippen molar-refractivity contribution in [1.82, 2.24) is 5.32 Å². The summed E-state index contributed by atoms with van der Waals surface area (Å²) in [4.78, 5) is 0. The van der Waals surface area contributed by atoms with Crippen LogP contribution in [0, 0.1) is 5.82 Å². The van der Waals surface area contributed by atoms with Crippen molar-refractivity contribution in [3.8, 4) is 0 Å². The van der Waals surface area contributed by atoms with E-state index in [-0.39, 0.29) is 17.5 Å². The molecule has 1 unspecified atom stereocenters. The van der Waals surface area contributed by atoms with Gasteiger partial charge in [0.05, 0.1) is 6.10 Å². The topological polar surface area (TPSA) is 21.3 Å². The maximum atomic E-state index is 13.0. The fourth-order valence-electron chi connectivity index (χ4n) is 1.93. The van der Waals surface area contributed by atoms with Crippen molar-refractivity contribution in [3.05, 3.63) is 35.6 Å². The molecule has 1 aromatic carbocycles. The summed E-state index contributed by atoms with van der Waals surface area (Å²) in [6.45, 7) is 10.1. The molecular weight excluding hydrogens is 253 g/mol. The third kappa shape index (κ3) is 7.01. The highest BCUT2D eigenvalue weighted by atomic mass is 19.1. The van der Waals surface area contributed by atoms with Crippen LogP contribution in [-0.2, 0) is 4.74 Å². The van der Waals surface area contributed by atoms with Crippen molar-refractivity contribution >= 4 is 0 Å². The van der Waals surface area contributed by atoms with Crippen molar-refractivity contribution in [2.24, 2.45) is 0 Å². The first kappa shape index (κ1) is 17.1. The van der Waals surface area contributed by atoms with E-state index >= 15 is 0 Å². The smallest absolute Gasteiger partial charge is 0.123 e. The Kier molecular flexibility index (Phi) is 7.17. The van der Waals surface area contributed by atoms with E-state index in [9.17, 15) is 4.39 Å². The quantitative estimate of drug-likeness (QED) is 0.710. The Labute approximate surface area is 122 Å². The molecule has 3 heteroatoms. The average Bonchev–Trinajstić information content (AvgIpc) is 2.38. The summed E-state index contributed by atoms with van der Waals surface area (Å²) in [7, 11) is 0. The molecule has 0 spiro atoms. The lowest BCUT2D eigenvalue weighted by Gasteiger charge is -2.26. The number of nitrogens with one attached hydrogen (secondary N) is 1. The Morgan fingerprint density at radius 2 is 1.80 bits per heavy atom. The van der Waals surface area contributed by atoms with E-state index in [1.807, 2.05) is 12.1 Å². The highest BCUT2D eigenvalue weighted by Gasteiger charge is 2.16. The number of benzene rings is 1. The first-order chi connectivity index (χ1) is 9.42. The van der Waals surface area contributed by atoms with Crippen LogP contribution in [0.1, 0.15) is 58.6 Å². The molecule has 0 heterocycles. The van der Waals surface area contributed by atoms with Gasteiger partial charge in [0.2, 0.25) is 0 Å². The third-order valence-electron chi connectivity index (χ3n) is 3.13. The predicted molar refractivity (Wildman–Crippen MR) is 82.4 cm³/mol. The van der Waals surface area contributed by atoms with Crippen LogP contribution < -0.4 is 5.32 Å². The van der Waals surface area contributed by atoms with Gasteiger partial charge in [-0.15, -0.1) is 0 Å². The lowest BCUT2D eigenvalue weighted by atomic mass is 10.1. The summed E-state index contributed by atoms with van der Waals surface area (Å²) in [6, 6.07) is 6.61. The molecule has 0 aliphatic rings. The van der Waals surface area contributed by atoms with E-state index in [0.29, 0.717) is 0 Å². The zero-order chi connectivity index (χ0) is 15.0. The van der Waals surface area contributed by atoms with E-state index in [1.54, 1.807) is 0 Å². The van der Waals surface area contributed by atoms with Gasteiger partial charge < -0.3 is 10.1 Å². The molecule has 0 radical (unpaired) electrons. The molecule has 1 atom stereocenters. The molecule has 1 rings (SSSR count). The van der Waals surface area contributed by atoms with E-state index in [0.717, 1.165) is 25.1 Å².